The van der Waals surface area contributed by atoms with Crippen LogP contribution in [0.3, 0.4) is 0 Å². The second kappa shape index (κ2) is 6.85. The highest BCUT2D eigenvalue weighted by atomic mass is 32.2. The summed E-state index contributed by atoms with van der Waals surface area (Å²) in [5.41, 5.74) is 6.98. The fourth-order valence-corrected chi connectivity index (χ4v) is 2.99. The van der Waals surface area contributed by atoms with Gasteiger partial charge in [-0.2, -0.15) is 0 Å². The van der Waals surface area contributed by atoms with Crippen LogP contribution in [0.2, 0.25) is 0 Å². The van der Waals surface area contributed by atoms with Crippen LogP contribution in [0.15, 0.2) is 24.3 Å². The van der Waals surface area contributed by atoms with Crippen LogP contribution in [0.25, 0.3) is 0 Å². The van der Waals surface area contributed by atoms with Gasteiger partial charge in [0.05, 0.1) is 5.75 Å². The molecule has 1 aromatic rings. The third-order valence-electron chi connectivity index (χ3n) is 3.66. The predicted octanol–water partition coefficient (Wildman–Crippen LogP) is 2.42. The van der Waals surface area contributed by atoms with Crippen molar-refractivity contribution in [3.05, 3.63) is 35.4 Å². The number of sulfonamides is 1. The lowest BCUT2D eigenvalue weighted by molar-refractivity contribution is 0.263. The van der Waals surface area contributed by atoms with E-state index in [-0.39, 0.29) is 22.1 Å². The molecule has 0 saturated heterocycles. The molecule has 0 heterocycles. The minimum absolute atomic E-state index is 0.0637. The molecule has 1 unspecified atom stereocenters. The first kappa shape index (κ1) is 18.1. The molecule has 21 heavy (non-hydrogen) atoms. The molecule has 0 aliphatic carbocycles. The minimum atomic E-state index is -3.37. The van der Waals surface area contributed by atoms with Gasteiger partial charge < -0.3 is 5.73 Å². The first-order valence-electron chi connectivity index (χ1n) is 6.87. The number of rotatable bonds is 6. The maximum Gasteiger partial charge on any atom is 0.215 e. The number of hydrogen-bond acceptors (Lipinski definition) is 3. The Labute approximate surface area is 133 Å². The summed E-state index contributed by atoms with van der Waals surface area (Å²) in [6.45, 7) is 8.75. The van der Waals surface area contributed by atoms with E-state index in [0.29, 0.717) is 17.7 Å². The smallest absolute Gasteiger partial charge is 0.215 e. The lowest BCUT2D eigenvalue weighted by Crippen LogP contribution is -2.34. The fourth-order valence-electron chi connectivity index (χ4n) is 1.64. The van der Waals surface area contributed by atoms with Crippen LogP contribution in [0.1, 0.15) is 38.8 Å². The molecule has 0 amide bonds. The number of hydrogen-bond donors (Lipinski definition) is 2. The SMILES string of the molecule is CC(CNS(=O)(=O)Cc1cccc(C(N)=S)c1)C(C)(C)C. The van der Waals surface area contributed by atoms with Gasteiger partial charge in [0.2, 0.25) is 10.0 Å². The zero-order chi connectivity index (χ0) is 16.3. The molecule has 0 saturated carbocycles. The Hall–Kier alpha value is -0.980. The van der Waals surface area contributed by atoms with E-state index in [2.05, 4.69) is 25.5 Å². The summed E-state index contributed by atoms with van der Waals surface area (Å²) in [4.78, 5) is 0.267. The van der Waals surface area contributed by atoms with E-state index < -0.39 is 10.0 Å². The van der Waals surface area contributed by atoms with Gasteiger partial charge in [-0.15, -0.1) is 0 Å². The van der Waals surface area contributed by atoms with Gasteiger partial charge in [0.15, 0.2) is 0 Å². The predicted molar refractivity (Wildman–Crippen MR) is 91.6 cm³/mol. The number of thiocarbonyl (C=S) groups is 1. The van der Waals surface area contributed by atoms with E-state index in [1.54, 1.807) is 24.3 Å². The van der Waals surface area contributed by atoms with Gasteiger partial charge >= 0.3 is 0 Å². The molecule has 6 heteroatoms. The van der Waals surface area contributed by atoms with Crippen LogP contribution in [0.5, 0.6) is 0 Å². The van der Waals surface area contributed by atoms with Crippen molar-refractivity contribution in [2.24, 2.45) is 17.1 Å². The summed E-state index contributed by atoms with van der Waals surface area (Å²) in [6.07, 6.45) is 0. The molecule has 3 N–H and O–H groups in total. The van der Waals surface area contributed by atoms with Gasteiger partial charge in [-0.05, 0) is 23.0 Å². The average Bonchev–Trinajstić information content (AvgIpc) is 2.34. The maximum atomic E-state index is 12.1. The van der Waals surface area contributed by atoms with E-state index in [1.165, 1.54) is 0 Å². The van der Waals surface area contributed by atoms with Crippen LogP contribution >= 0.6 is 12.2 Å². The summed E-state index contributed by atoms with van der Waals surface area (Å²) in [5.74, 6) is 0.176. The summed E-state index contributed by atoms with van der Waals surface area (Å²) in [7, 11) is -3.37. The minimum Gasteiger partial charge on any atom is -0.389 e. The molecule has 4 nitrogen and oxygen atoms in total. The van der Waals surface area contributed by atoms with E-state index in [1.807, 2.05) is 6.92 Å². The maximum absolute atomic E-state index is 12.1. The number of nitrogens with one attached hydrogen (secondary N) is 1. The van der Waals surface area contributed by atoms with Crippen LogP contribution in [0.4, 0.5) is 0 Å². The molecule has 0 aliphatic heterocycles. The first-order valence-corrected chi connectivity index (χ1v) is 8.93. The Morgan fingerprint density at radius 2 is 2.00 bits per heavy atom. The first-order chi connectivity index (χ1) is 9.51. The fraction of sp³-hybridized carbons (Fsp3) is 0.533. The molecule has 0 spiro atoms. The van der Waals surface area contributed by atoms with E-state index >= 15 is 0 Å². The van der Waals surface area contributed by atoms with Gasteiger partial charge in [0.25, 0.3) is 0 Å². The molecule has 0 radical (unpaired) electrons. The molecule has 0 bridgehead atoms. The van der Waals surface area contributed by atoms with Crippen molar-refractivity contribution in [3.63, 3.8) is 0 Å². The monoisotopic (exact) mass is 328 g/mol. The zero-order valence-electron chi connectivity index (χ0n) is 13.0. The normalized spacial score (nSPS) is 13.9. The molecular weight excluding hydrogens is 304 g/mol. The van der Waals surface area contributed by atoms with Crippen molar-refractivity contribution in [2.45, 2.75) is 33.4 Å². The van der Waals surface area contributed by atoms with Gasteiger partial charge in [0, 0.05) is 12.1 Å². The summed E-state index contributed by atoms with van der Waals surface area (Å²) in [6, 6.07) is 7.01. The Morgan fingerprint density at radius 3 is 2.52 bits per heavy atom. The Kier molecular flexibility index (Phi) is 5.90. The average molecular weight is 329 g/mol. The highest BCUT2D eigenvalue weighted by Crippen LogP contribution is 2.24. The number of nitrogens with two attached hydrogens (primary N) is 1. The third kappa shape index (κ3) is 6.11. The van der Waals surface area contributed by atoms with Crippen LogP contribution in [-0.2, 0) is 15.8 Å². The van der Waals surface area contributed by atoms with Crippen molar-refractivity contribution in [1.29, 1.82) is 0 Å². The summed E-state index contributed by atoms with van der Waals surface area (Å²) >= 11 is 4.90. The van der Waals surface area contributed by atoms with Crippen molar-refractivity contribution in [2.75, 3.05) is 6.54 Å². The standard InChI is InChI=1S/C15H24N2O2S2/c1-11(15(2,3)4)9-17-21(18,19)10-12-6-5-7-13(8-12)14(16)20/h5-8,11,17H,9-10H2,1-4H3,(H2,16,20). The third-order valence-corrected chi connectivity index (χ3v) is 5.21. The Balaban J connectivity index is 2.73. The van der Waals surface area contributed by atoms with Gasteiger partial charge in [-0.1, -0.05) is 58.1 Å². The van der Waals surface area contributed by atoms with E-state index in [9.17, 15) is 8.42 Å². The lowest BCUT2D eigenvalue weighted by Gasteiger charge is -2.27. The van der Waals surface area contributed by atoms with Crippen molar-refractivity contribution in [1.82, 2.24) is 4.72 Å². The quantitative estimate of drug-likeness (QED) is 0.787. The highest BCUT2D eigenvalue weighted by Gasteiger charge is 2.22. The van der Waals surface area contributed by atoms with Crippen molar-refractivity contribution >= 4 is 27.2 Å². The van der Waals surface area contributed by atoms with E-state index in [0.717, 1.165) is 0 Å². The van der Waals surface area contributed by atoms with Crippen LogP contribution in [-0.4, -0.2) is 20.0 Å². The van der Waals surface area contributed by atoms with Gasteiger partial charge in [-0.3, -0.25) is 0 Å². The lowest BCUT2D eigenvalue weighted by atomic mass is 9.82. The zero-order valence-corrected chi connectivity index (χ0v) is 14.6. The van der Waals surface area contributed by atoms with Crippen molar-refractivity contribution in [3.8, 4) is 0 Å². The van der Waals surface area contributed by atoms with Crippen LogP contribution < -0.4 is 10.5 Å². The molecular formula is C15H24N2O2S2. The molecule has 1 atom stereocenters. The summed E-state index contributed by atoms with van der Waals surface area (Å²) in [5, 5.41) is 0. The van der Waals surface area contributed by atoms with Crippen LogP contribution in [0, 0.1) is 11.3 Å². The second-order valence-electron chi connectivity index (χ2n) is 6.44. The molecule has 1 rings (SSSR count). The highest BCUT2D eigenvalue weighted by molar-refractivity contribution is 7.88. The Bertz CT molecular complexity index is 604. The molecule has 118 valence electrons. The van der Waals surface area contributed by atoms with Crippen molar-refractivity contribution < 1.29 is 8.42 Å². The molecule has 1 aromatic carbocycles. The molecule has 0 aliphatic rings. The Morgan fingerprint density at radius 1 is 1.38 bits per heavy atom. The molecule has 0 fully saturated rings. The molecule has 0 aromatic heterocycles. The number of benzene rings is 1. The van der Waals surface area contributed by atoms with E-state index in [4.69, 9.17) is 18.0 Å². The topological polar surface area (TPSA) is 72.2 Å². The van der Waals surface area contributed by atoms with Gasteiger partial charge in [0.1, 0.15) is 4.99 Å². The largest absolute Gasteiger partial charge is 0.389 e. The second-order valence-corrected chi connectivity index (χ2v) is 8.69. The van der Waals surface area contributed by atoms with Gasteiger partial charge in [-0.25, -0.2) is 13.1 Å². The summed E-state index contributed by atoms with van der Waals surface area (Å²) < 4.78 is 26.9.